The summed E-state index contributed by atoms with van der Waals surface area (Å²) in [5.41, 5.74) is 6.41. The van der Waals surface area contributed by atoms with Crippen LogP contribution in [0.2, 0.25) is 0 Å². The van der Waals surface area contributed by atoms with Crippen molar-refractivity contribution in [2.24, 2.45) is 0 Å². The van der Waals surface area contributed by atoms with E-state index < -0.39 is 0 Å². The molecular formula is C23H20N2O. The van der Waals surface area contributed by atoms with E-state index in [2.05, 4.69) is 42.2 Å². The Labute approximate surface area is 153 Å². The van der Waals surface area contributed by atoms with Crippen molar-refractivity contribution in [3.8, 4) is 39.7 Å². The molecule has 0 amide bonds. The van der Waals surface area contributed by atoms with Crippen molar-refractivity contribution >= 4 is 0 Å². The van der Waals surface area contributed by atoms with Gasteiger partial charge in [-0.25, -0.2) is 4.98 Å². The minimum Gasteiger partial charge on any atom is -0.497 e. The number of ether oxygens (including phenoxy) is 1. The smallest absolute Gasteiger partial charge is 0.138 e. The Morgan fingerprint density at radius 2 is 1.46 bits per heavy atom. The fraction of sp³-hybridized carbons (Fsp3) is 0.0870. The quantitative estimate of drug-likeness (QED) is 0.515. The van der Waals surface area contributed by atoms with Gasteiger partial charge in [0, 0.05) is 16.7 Å². The number of hydrogen-bond acceptors (Lipinski definition) is 2. The van der Waals surface area contributed by atoms with Crippen LogP contribution in [-0.4, -0.2) is 17.1 Å². The van der Waals surface area contributed by atoms with Crippen LogP contribution in [0.5, 0.6) is 5.75 Å². The monoisotopic (exact) mass is 340 g/mol. The number of methoxy groups -OCH3 is 1. The summed E-state index contributed by atoms with van der Waals surface area (Å²) >= 11 is 0. The zero-order chi connectivity index (χ0) is 17.9. The Kier molecular flexibility index (Phi) is 4.28. The van der Waals surface area contributed by atoms with Crippen molar-refractivity contribution in [3.05, 3.63) is 84.4 Å². The van der Waals surface area contributed by atoms with E-state index in [9.17, 15) is 0 Å². The summed E-state index contributed by atoms with van der Waals surface area (Å²) in [6.45, 7) is 2.07. The summed E-state index contributed by atoms with van der Waals surface area (Å²) in [7, 11) is 1.68. The van der Waals surface area contributed by atoms with Gasteiger partial charge in [0.15, 0.2) is 0 Å². The second kappa shape index (κ2) is 6.89. The maximum absolute atomic E-state index is 5.32. The van der Waals surface area contributed by atoms with Gasteiger partial charge in [0.25, 0.3) is 0 Å². The van der Waals surface area contributed by atoms with Gasteiger partial charge < -0.3 is 9.72 Å². The largest absolute Gasteiger partial charge is 0.497 e. The highest BCUT2D eigenvalue weighted by Gasteiger charge is 2.16. The lowest BCUT2D eigenvalue weighted by Crippen LogP contribution is -1.88. The summed E-state index contributed by atoms with van der Waals surface area (Å²) in [4.78, 5) is 8.49. The van der Waals surface area contributed by atoms with Crippen molar-refractivity contribution in [3.63, 3.8) is 0 Å². The average molecular weight is 340 g/mol. The van der Waals surface area contributed by atoms with E-state index in [0.717, 1.165) is 45.2 Å². The fourth-order valence-corrected chi connectivity index (χ4v) is 3.15. The molecule has 0 radical (unpaired) electrons. The molecule has 3 heteroatoms. The molecule has 1 aromatic heterocycles. The number of nitrogens with zero attached hydrogens (tertiary/aromatic N) is 1. The predicted octanol–water partition coefficient (Wildman–Crippen LogP) is 5.73. The molecule has 0 aliphatic rings. The number of benzene rings is 3. The SMILES string of the molecule is COc1ccc(-c2nc(-c3ccccc3)c(-c3ccccc3)[nH]2)c(C)c1. The Morgan fingerprint density at radius 1 is 0.808 bits per heavy atom. The first-order valence-corrected chi connectivity index (χ1v) is 8.62. The van der Waals surface area contributed by atoms with Crippen LogP contribution in [0.25, 0.3) is 33.9 Å². The van der Waals surface area contributed by atoms with Crippen LogP contribution in [0.15, 0.2) is 78.9 Å². The lowest BCUT2D eigenvalue weighted by molar-refractivity contribution is 0.414. The Morgan fingerprint density at radius 3 is 2.08 bits per heavy atom. The van der Waals surface area contributed by atoms with Crippen LogP contribution >= 0.6 is 0 Å². The fourth-order valence-electron chi connectivity index (χ4n) is 3.15. The highest BCUT2D eigenvalue weighted by Crippen LogP contribution is 2.34. The third kappa shape index (κ3) is 3.00. The van der Waals surface area contributed by atoms with Gasteiger partial charge in [0.05, 0.1) is 18.5 Å². The molecular weight excluding hydrogens is 320 g/mol. The number of rotatable bonds is 4. The summed E-state index contributed by atoms with van der Waals surface area (Å²) < 4.78 is 5.32. The van der Waals surface area contributed by atoms with Gasteiger partial charge in [-0.2, -0.15) is 0 Å². The first-order valence-electron chi connectivity index (χ1n) is 8.62. The summed E-state index contributed by atoms with van der Waals surface area (Å²) in [5, 5.41) is 0. The third-order valence-electron chi connectivity index (χ3n) is 4.50. The zero-order valence-electron chi connectivity index (χ0n) is 14.9. The van der Waals surface area contributed by atoms with Crippen LogP contribution in [0.3, 0.4) is 0 Å². The molecule has 0 spiro atoms. The number of imidazole rings is 1. The number of aromatic amines is 1. The highest BCUT2D eigenvalue weighted by molar-refractivity contribution is 5.81. The summed E-state index contributed by atoms with van der Waals surface area (Å²) in [6, 6.07) is 26.6. The van der Waals surface area contributed by atoms with Crippen molar-refractivity contribution in [2.75, 3.05) is 7.11 Å². The maximum Gasteiger partial charge on any atom is 0.138 e. The second-order valence-electron chi connectivity index (χ2n) is 6.22. The molecule has 1 N–H and O–H groups in total. The van der Waals surface area contributed by atoms with E-state index >= 15 is 0 Å². The van der Waals surface area contributed by atoms with Crippen molar-refractivity contribution in [1.82, 2.24) is 9.97 Å². The van der Waals surface area contributed by atoms with E-state index in [1.54, 1.807) is 7.11 Å². The molecule has 0 aliphatic heterocycles. The maximum atomic E-state index is 5.32. The number of hydrogen-bond donors (Lipinski definition) is 1. The molecule has 3 nitrogen and oxygen atoms in total. The second-order valence-corrected chi connectivity index (χ2v) is 6.22. The normalized spacial score (nSPS) is 10.7. The number of aromatic nitrogens is 2. The third-order valence-corrected chi connectivity index (χ3v) is 4.50. The van der Waals surface area contributed by atoms with Gasteiger partial charge in [0.1, 0.15) is 11.6 Å². The van der Waals surface area contributed by atoms with Crippen LogP contribution in [0.4, 0.5) is 0 Å². The molecule has 4 aromatic rings. The molecule has 0 saturated heterocycles. The van der Waals surface area contributed by atoms with Crippen molar-refractivity contribution in [2.45, 2.75) is 6.92 Å². The number of nitrogens with one attached hydrogen (secondary N) is 1. The minimum atomic E-state index is 0.851. The van der Waals surface area contributed by atoms with Gasteiger partial charge in [-0.05, 0) is 30.7 Å². The summed E-state index contributed by atoms with van der Waals surface area (Å²) in [6.07, 6.45) is 0. The highest BCUT2D eigenvalue weighted by atomic mass is 16.5. The lowest BCUT2D eigenvalue weighted by Gasteiger charge is -2.05. The van der Waals surface area contributed by atoms with Gasteiger partial charge in [-0.15, -0.1) is 0 Å². The van der Waals surface area contributed by atoms with E-state index in [1.807, 2.05) is 48.5 Å². The molecule has 0 unspecified atom stereocenters. The standard InChI is InChI=1S/C23H20N2O/c1-16-15-19(26-2)13-14-20(16)23-24-21(17-9-5-3-6-10-17)22(25-23)18-11-7-4-8-12-18/h3-15H,1-2H3,(H,24,25). The van der Waals surface area contributed by atoms with Gasteiger partial charge in [-0.3, -0.25) is 0 Å². The molecule has 0 saturated carbocycles. The molecule has 0 atom stereocenters. The first kappa shape index (κ1) is 16.2. The predicted molar refractivity (Wildman–Crippen MR) is 106 cm³/mol. The molecule has 128 valence electrons. The number of H-pyrrole nitrogens is 1. The number of aryl methyl sites for hydroxylation is 1. The van der Waals surface area contributed by atoms with E-state index in [0.29, 0.717) is 0 Å². The van der Waals surface area contributed by atoms with E-state index in [4.69, 9.17) is 9.72 Å². The van der Waals surface area contributed by atoms with Crippen molar-refractivity contribution in [1.29, 1.82) is 0 Å². The van der Waals surface area contributed by atoms with E-state index in [-0.39, 0.29) is 0 Å². The molecule has 26 heavy (non-hydrogen) atoms. The lowest BCUT2D eigenvalue weighted by atomic mass is 10.1. The average Bonchev–Trinajstić information content (AvgIpc) is 3.14. The van der Waals surface area contributed by atoms with Crippen LogP contribution in [0.1, 0.15) is 5.56 Å². The molecule has 4 rings (SSSR count). The zero-order valence-corrected chi connectivity index (χ0v) is 14.9. The molecule has 0 aliphatic carbocycles. The van der Waals surface area contributed by atoms with Gasteiger partial charge in [-0.1, -0.05) is 60.7 Å². The van der Waals surface area contributed by atoms with Gasteiger partial charge >= 0.3 is 0 Å². The topological polar surface area (TPSA) is 37.9 Å². The molecule has 0 fully saturated rings. The van der Waals surface area contributed by atoms with Crippen molar-refractivity contribution < 1.29 is 4.74 Å². The van der Waals surface area contributed by atoms with Crippen LogP contribution < -0.4 is 4.74 Å². The Hall–Kier alpha value is -3.33. The van der Waals surface area contributed by atoms with Crippen LogP contribution in [0, 0.1) is 6.92 Å². The molecule has 1 heterocycles. The Balaban J connectivity index is 1.89. The first-order chi connectivity index (χ1) is 12.8. The van der Waals surface area contributed by atoms with Crippen LogP contribution in [-0.2, 0) is 0 Å². The molecule has 0 bridgehead atoms. The van der Waals surface area contributed by atoms with Gasteiger partial charge in [0.2, 0.25) is 0 Å². The van der Waals surface area contributed by atoms with E-state index in [1.165, 1.54) is 0 Å². The molecule has 3 aromatic carbocycles. The Bertz CT molecular complexity index is 964. The minimum absolute atomic E-state index is 0.851. The summed E-state index contributed by atoms with van der Waals surface area (Å²) in [5.74, 6) is 1.72.